The Morgan fingerprint density at radius 2 is 1.15 bits per heavy atom. The monoisotopic (exact) mass is 700 g/mol. The zero-order chi connectivity index (χ0) is 37.6. The molecule has 0 N–H and O–H groups in total. The number of fused-ring (bicyclic) bond motifs is 6. The van der Waals surface area contributed by atoms with Crippen LogP contribution in [0, 0.1) is 5.92 Å². The van der Waals surface area contributed by atoms with Gasteiger partial charge in [0, 0.05) is 32.9 Å². The smallest absolute Gasteiger partial charge is 0.0541 e. The molecule has 1 atom stereocenters. The van der Waals surface area contributed by atoms with Crippen molar-refractivity contribution in [3.8, 4) is 11.4 Å². The van der Waals surface area contributed by atoms with Crippen LogP contribution in [0.4, 0.5) is 0 Å². The van der Waals surface area contributed by atoms with Crippen LogP contribution in [0.1, 0.15) is 39.7 Å². The summed E-state index contributed by atoms with van der Waals surface area (Å²) >= 11 is 0. The SMILES string of the molecule is C=C/C=C\C(=C/C)C(C)/C=C(\C=C(/C)c1cc(-n2c3ccccc3c3ccccc32)cc(-n2c3ccccc3c3ccccc32)c1)C(/C=C)=C/C=CCC. The Labute approximate surface area is 320 Å². The lowest BCUT2D eigenvalue weighted by molar-refractivity contribution is 0.882. The molecule has 0 aliphatic rings. The number of rotatable bonds is 12. The summed E-state index contributed by atoms with van der Waals surface area (Å²) in [7, 11) is 0. The van der Waals surface area contributed by atoms with E-state index in [-0.39, 0.29) is 5.92 Å². The molecule has 0 fully saturated rings. The summed E-state index contributed by atoms with van der Waals surface area (Å²) in [5, 5.41) is 4.98. The highest BCUT2D eigenvalue weighted by molar-refractivity contribution is 6.10. The molecule has 2 heterocycles. The molecule has 0 amide bonds. The lowest BCUT2D eigenvalue weighted by atomic mass is 9.92. The highest BCUT2D eigenvalue weighted by Crippen LogP contribution is 2.37. The molecule has 0 bridgehead atoms. The Hall–Kier alpha value is -6.38. The first-order valence-corrected chi connectivity index (χ1v) is 18.9. The van der Waals surface area contributed by atoms with E-state index in [1.54, 1.807) is 0 Å². The van der Waals surface area contributed by atoms with Crippen molar-refractivity contribution in [1.82, 2.24) is 9.13 Å². The van der Waals surface area contributed by atoms with Crippen molar-refractivity contribution in [2.24, 2.45) is 5.92 Å². The molecule has 2 heteroatoms. The van der Waals surface area contributed by atoms with E-state index in [0.717, 1.165) is 40.1 Å². The van der Waals surface area contributed by atoms with Crippen LogP contribution in [0.15, 0.2) is 206 Å². The number of hydrogen-bond donors (Lipinski definition) is 0. The summed E-state index contributed by atoms with van der Waals surface area (Å²) in [6.07, 6.45) is 22.3. The molecule has 0 radical (unpaired) electrons. The van der Waals surface area contributed by atoms with Gasteiger partial charge in [0.05, 0.1) is 22.1 Å². The highest BCUT2D eigenvalue weighted by atomic mass is 15.0. The summed E-state index contributed by atoms with van der Waals surface area (Å²) in [5.74, 6) is 0.167. The second-order valence-electron chi connectivity index (χ2n) is 13.8. The minimum absolute atomic E-state index is 0.167. The molecule has 7 aromatic rings. The Kier molecular flexibility index (Phi) is 10.7. The maximum absolute atomic E-state index is 4.25. The fourth-order valence-electron chi connectivity index (χ4n) is 7.67. The first-order chi connectivity index (χ1) is 26.5. The van der Waals surface area contributed by atoms with E-state index in [4.69, 9.17) is 0 Å². The second kappa shape index (κ2) is 16.1. The van der Waals surface area contributed by atoms with Crippen molar-refractivity contribution < 1.29 is 0 Å². The van der Waals surface area contributed by atoms with E-state index < -0.39 is 0 Å². The van der Waals surface area contributed by atoms with Gasteiger partial charge in [-0.15, -0.1) is 0 Å². The maximum Gasteiger partial charge on any atom is 0.0541 e. The van der Waals surface area contributed by atoms with Gasteiger partial charge in [0.25, 0.3) is 0 Å². The van der Waals surface area contributed by atoms with Crippen molar-refractivity contribution in [1.29, 1.82) is 0 Å². The molecule has 0 aliphatic carbocycles. The van der Waals surface area contributed by atoms with Crippen LogP contribution in [0.3, 0.4) is 0 Å². The Balaban J connectivity index is 1.51. The van der Waals surface area contributed by atoms with Gasteiger partial charge in [0.15, 0.2) is 0 Å². The Morgan fingerprint density at radius 1 is 0.667 bits per heavy atom. The minimum Gasteiger partial charge on any atom is -0.309 e. The molecule has 0 aliphatic heterocycles. The maximum atomic E-state index is 4.25. The molecule has 0 saturated heterocycles. The number of benzene rings is 5. The predicted molar refractivity (Wildman–Crippen MR) is 237 cm³/mol. The summed E-state index contributed by atoms with van der Waals surface area (Å²) in [4.78, 5) is 0. The summed E-state index contributed by atoms with van der Waals surface area (Å²) in [6.45, 7) is 16.9. The molecular formula is C52H48N2. The van der Waals surface area contributed by atoms with Gasteiger partial charge >= 0.3 is 0 Å². The Morgan fingerprint density at radius 3 is 1.57 bits per heavy atom. The molecule has 5 aromatic carbocycles. The van der Waals surface area contributed by atoms with Gasteiger partial charge in [-0.25, -0.2) is 0 Å². The van der Waals surface area contributed by atoms with Crippen molar-refractivity contribution in [2.45, 2.75) is 34.1 Å². The van der Waals surface area contributed by atoms with Crippen molar-refractivity contribution in [3.05, 3.63) is 211 Å². The topological polar surface area (TPSA) is 9.86 Å². The largest absolute Gasteiger partial charge is 0.309 e. The van der Waals surface area contributed by atoms with E-state index in [1.165, 1.54) is 49.2 Å². The third-order valence-electron chi connectivity index (χ3n) is 10.3. The first-order valence-electron chi connectivity index (χ1n) is 18.9. The van der Waals surface area contributed by atoms with Gasteiger partial charge in [-0.3, -0.25) is 0 Å². The zero-order valence-corrected chi connectivity index (χ0v) is 31.8. The fraction of sp³-hybridized carbons (Fsp3) is 0.115. The van der Waals surface area contributed by atoms with E-state index in [0.29, 0.717) is 0 Å². The van der Waals surface area contributed by atoms with Crippen LogP contribution in [0.5, 0.6) is 0 Å². The van der Waals surface area contributed by atoms with E-state index in [1.807, 2.05) is 18.2 Å². The molecule has 54 heavy (non-hydrogen) atoms. The van der Waals surface area contributed by atoms with Crippen molar-refractivity contribution in [2.75, 3.05) is 0 Å². The van der Waals surface area contributed by atoms with Crippen LogP contribution >= 0.6 is 0 Å². The number of nitrogens with zero attached hydrogens (tertiary/aromatic N) is 2. The summed E-state index contributed by atoms with van der Waals surface area (Å²) < 4.78 is 4.85. The quantitative estimate of drug-likeness (QED) is 0.112. The van der Waals surface area contributed by atoms with E-state index >= 15 is 0 Å². The molecule has 266 valence electrons. The van der Waals surface area contributed by atoms with Gasteiger partial charge in [-0.05, 0) is 96.5 Å². The normalized spacial score (nSPS) is 14.0. The van der Waals surface area contributed by atoms with Crippen LogP contribution in [-0.2, 0) is 0 Å². The van der Waals surface area contributed by atoms with Crippen molar-refractivity contribution >= 4 is 49.2 Å². The number of aromatic nitrogens is 2. The number of hydrogen-bond acceptors (Lipinski definition) is 0. The van der Waals surface area contributed by atoms with Gasteiger partial charge in [0.1, 0.15) is 0 Å². The van der Waals surface area contributed by atoms with E-state index in [2.05, 4.69) is 208 Å². The van der Waals surface area contributed by atoms with Crippen LogP contribution < -0.4 is 0 Å². The van der Waals surface area contributed by atoms with Gasteiger partial charge in [0.2, 0.25) is 0 Å². The average molecular weight is 701 g/mol. The molecule has 1 unspecified atom stereocenters. The van der Waals surface area contributed by atoms with Crippen LogP contribution in [0.25, 0.3) is 60.6 Å². The van der Waals surface area contributed by atoms with Gasteiger partial charge in [-0.2, -0.15) is 0 Å². The summed E-state index contributed by atoms with van der Waals surface area (Å²) in [5.41, 5.74) is 12.7. The molecule has 7 rings (SSSR count). The van der Waals surface area contributed by atoms with Crippen LogP contribution in [0.2, 0.25) is 0 Å². The Bertz CT molecular complexity index is 2470. The zero-order valence-electron chi connectivity index (χ0n) is 31.8. The lowest BCUT2D eigenvalue weighted by Crippen LogP contribution is -2.01. The van der Waals surface area contributed by atoms with Gasteiger partial charge < -0.3 is 9.13 Å². The molecular weight excluding hydrogens is 653 g/mol. The standard InChI is InChI=1S/C52H48N2/c1-7-11-13-23-40(10-4)42(32-37(5)39(9-3)22-12-8-2)33-38(6)41-34-43(53-49-28-18-14-24-45(49)46-25-15-19-29-50(46)53)36-44(35-41)54-51-30-20-16-26-47(51)48-27-17-21-31-52(48)54/h8-37H,2,4,7H2,1,3,5-6H3/b13-11?,22-12-,38-33+,39-9+,40-23+,42-32+. The third-order valence-corrected chi connectivity index (χ3v) is 10.3. The summed E-state index contributed by atoms with van der Waals surface area (Å²) in [6, 6.07) is 42.0. The number of para-hydroxylation sites is 4. The third kappa shape index (κ3) is 6.91. The molecule has 2 nitrogen and oxygen atoms in total. The fourth-order valence-corrected chi connectivity index (χ4v) is 7.67. The first kappa shape index (κ1) is 36.0. The number of allylic oxidation sites excluding steroid dienone is 14. The van der Waals surface area contributed by atoms with E-state index in [9.17, 15) is 0 Å². The van der Waals surface area contributed by atoms with Crippen molar-refractivity contribution in [3.63, 3.8) is 0 Å². The molecule has 0 spiro atoms. The lowest BCUT2D eigenvalue weighted by Gasteiger charge is -2.17. The van der Waals surface area contributed by atoms with Gasteiger partial charge in [-0.1, -0.05) is 161 Å². The van der Waals surface area contributed by atoms with Crippen LogP contribution in [-0.4, -0.2) is 9.13 Å². The average Bonchev–Trinajstić information content (AvgIpc) is 3.73. The molecule has 2 aromatic heterocycles. The highest BCUT2D eigenvalue weighted by Gasteiger charge is 2.17. The minimum atomic E-state index is 0.167. The predicted octanol–water partition coefficient (Wildman–Crippen LogP) is 14.6. The molecule has 0 saturated carbocycles. The second-order valence-corrected chi connectivity index (χ2v) is 13.8.